The van der Waals surface area contributed by atoms with Gasteiger partial charge in [-0.15, -0.1) is 0 Å². The van der Waals surface area contributed by atoms with Crippen LogP contribution in [0.15, 0.2) is 10.5 Å². The summed E-state index contributed by atoms with van der Waals surface area (Å²) in [4.78, 5) is 10.7. The Hall–Kier alpha value is -1.07. The van der Waals surface area contributed by atoms with E-state index in [1.54, 1.807) is 6.07 Å². The fourth-order valence-electron chi connectivity index (χ4n) is 1.39. The highest BCUT2D eigenvalue weighted by Crippen LogP contribution is 2.41. The number of nitrogens with two attached hydrogens (primary N) is 1. The summed E-state index contributed by atoms with van der Waals surface area (Å²) in [5.41, 5.74) is 6.86. The van der Waals surface area contributed by atoms with Gasteiger partial charge in [0.15, 0.2) is 17.8 Å². The minimum atomic E-state index is 0.139. The number of benzene rings is 1. The van der Waals surface area contributed by atoms with E-state index in [9.17, 15) is 4.79 Å². The highest BCUT2D eigenvalue weighted by Gasteiger charge is 2.23. The largest absolute Gasteiger partial charge is 0.453 e. The van der Waals surface area contributed by atoms with Gasteiger partial charge < -0.3 is 15.2 Å². The van der Waals surface area contributed by atoms with Crippen molar-refractivity contribution in [2.24, 2.45) is 5.73 Å². The van der Waals surface area contributed by atoms with Crippen molar-refractivity contribution < 1.29 is 14.3 Å². The molecule has 0 aliphatic carbocycles. The van der Waals surface area contributed by atoms with Crippen LogP contribution in [0.3, 0.4) is 0 Å². The lowest BCUT2D eigenvalue weighted by atomic mass is 10.1. The van der Waals surface area contributed by atoms with Crippen LogP contribution in [0.1, 0.15) is 15.9 Å². The van der Waals surface area contributed by atoms with Gasteiger partial charge in [0, 0.05) is 16.6 Å². The molecule has 74 valence electrons. The first-order valence-electron chi connectivity index (χ1n) is 4.04. The smallest absolute Gasteiger partial charge is 0.231 e. The predicted molar refractivity (Wildman–Crippen MR) is 53.5 cm³/mol. The van der Waals surface area contributed by atoms with Crippen molar-refractivity contribution in [2.45, 2.75) is 6.54 Å². The first-order chi connectivity index (χ1) is 6.77. The van der Waals surface area contributed by atoms with E-state index < -0.39 is 0 Å². The Labute approximate surface area is 89.1 Å². The van der Waals surface area contributed by atoms with E-state index in [0.717, 1.165) is 16.3 Å². The summed E-state index contributed by atoms with van der Waals surface area (Å²) >= 11 is 3.33. The molecule has 0 radical (unpaired) electrons. The second-order valence-corrected chi connectivity index (χ2v) is 3.67. The topological polar surface area (TPSA) is 61.6 Å². The first kappa shape index (κ1) is 9.48. The Bertz CT molecular complexity index is 392. The van der Waals surface area contributed by atoms with Gasteiger partial charge >= 0.3 is 0 Å². The molecule has 0 saturated heterocycles. The molecular weight excluding hydrogens is 250 g/mol. The molecule has 0 amide bonds. The quantitative estimate of drug-likeness (QED) is 0.815. The minimum Gasteiger partial charge on any atom is -0.453 e. The van der Waals surface area contributed by atoms with Gasteiger partial charge in [0.25, 0.3) is 0 Å². The number of carbonyl (C=O) groups excluding carboxylic acids is 1. The molecule has 1 aromatic rings. The third-order valence-electron chi connectivity index (χ3n) is 2.05. The molecule has 0 saturated carbocycles. The maximum atomic E-state index is 10.7. The van der Waals surface area contributed by atoms with Crippen LogP contribution in [0.5, 0.6) is 11.5 Å². The van der Waals surface area contributed by atoms with E-state index in [1.807, 2.05) is 0 Å². The van der Waals surface area contributed by atoms with Crippen LogP contribution in [-0.4, -0.2) is 13.1 Å². The van der Waals surface area contributed by atoms with Crippen molar-refractivity contribution in [1.29, 1.82) is 0 Å². The molecule has 0 spiro atoms. The van der Waals surface area contributed by atoms with Gasteiger partial charge in [0.05, 0.1) is 5.56 Å². The molecule has 0 atom stereocenters. The molecule has 14 heavy (non-hydrogen) atoms. The summed E-state index contributed by atoms with van der Waals surface area (Å²) in [6.45, 7) is 0.477. The van der Waals surface area contributed by atoms with Gasteiger partial charge in [-0.2, -0.15) is 0 Å². The highest BCUT2D eigenvalue weighted by atomic mass is 79.9. The van der Waals surface area contributed by atoms with Gasteiger partial charge in [-0.3, -0.25) is 4.79 Å². The zero-order valence-electron chi connectivity index (χ0n) is 7.25. The average Bonchev–Trinajstić information content (AvgIpc) is 2.65. The summed E-state index contributed by atoms with van der Waals surface area (Å²) in [7, 11) is 0. The molecule has 1 aliphatic rings. The van der Waals surface area contributed by atoms with Crippen LogP contribution < -0.4 is 15.2 Å². The number of fused-ring (bicyclic) bond motifs is 1. The lowest BCUT2D eigenvalue weighted by molar-refractivity contribution is 0.111. The molecule has 0 fully saturated rings. The Kier molecular flexibility index (Phi) is 2.43. The van der Waals surface area contributed by atoms with E-state index in [-0.39, 0.29) is 6.79 Å². The van der Waals surface area contributed by atoms with E-state index in [0.29, 0.717) is 23.6 Å². The number of ether oxygens (including phenoxy) is 2. The van der Waals surface area contributed by atoms with Crippen molar-refractivity contribution in [1.82, 2.24) is 0 Å². The Balaban J connectivity index is 2.67. The van der Waals surface area contributed by atoms with Crippen molar-refractivity contribution in [3.05, 3.63) is 21.7 Å². The van der Waals surface area contributed by atoms with Gasteiger partial charge in [-0.1, -0.05) is 15.9 Å². The van der Waals surface area contributed by atoms with E-state index in [2.05, 4.69) is 15.9 Å². The fourth-order valence-corrected chi connectivity index (χ4v) is 1.98. The Morgan fingerprint density at radius 3 is 2.86 bits per heavy atom. The highest BCUT2D eigenvalue weighted by molar-refractivity contribution is 9.10. The van der Waals surface area contributed by atoms with Crippen LogP contribution in [0, 0.1) is 0 Å². The molecule has 0 unspecified atom stereocenters. The van der Waals surface area contributed by atoms with E-state index in [4.69, 9.17) is 15.2 Å². The lowest BCUT2D eigenvalue weighted by Gasteiger charge is -2.07. The molecule has 2 N–H and O–H groups in total. The van der Waals surface area contributed by atoms with Gasteiger partial charge in [-0.05, 0) is 6.07 Å². The van der Waals surface area contributed by atoms with E-state index in [1.165, 1.54) is 0 Å². The van der Waals surface area contributed by atoms with Crippen LogP contribution in [-0.2, 0) is 6.54 Å². The number of hydrogen-bond donors (Lipinski definition) is 1. The molecule has 0 aromatic heterocycles. The van der Waals surface area contributed by atoms with Crippen LogP contribution in [0.2, 0.25) is 0 Å². The first-order valence-corrected chi connectivity index (χ1v) is 4.83. The third kappa shape index (κ3) is 1.29. The molecule has 1 aliphatic heterocycles. The zero-order valence-corrected chi connectivity index (χ0v) is 8.83. The second kappa shape index (κ2) is 3.59. The predicted octanol–water partition coefficient (Wildman–Crippen LogP) is 1.45. The van der Waals surface area contributed by atoms with Gasteiger partial charge in [-0.25, -0.2) is 0 Å². The average molecular weight is 258 g/mol. The Morgan fingerprint density at radius 2 is 2.21 bits per heavy atom. The van der Waals surface area contributed by atoms with Crippen molar-refractivity contribution in [3.63, 3.8) is 0 Å². The maximum Gasteiger partial charge on any atom is 0.231 e. The molecule has 4 nitrogen and oxygen atoms in total. The normalized spacial score (nSPS) is 13.0. The van der Waals surface area contributed by atoms with Gasteiger partial charge in [0.1, 0.15) is 0 Å². The molecule has 0 bridgehead atoms. The van der Waals surface area contributed by atoms with Crippen LogP contribution in [0.4, 0.5) is 0 Å². The molecule has 2 rings (SSSR count). The van der Waals surface area contributed by atoms with E-state index >= 15 is 0 Å². The summed E-state index contributed by atoms with van der Waals surface area (Å²) in [6, 6.07) is 1.68. The van der Waals surface area contributed by atoms with Crippen LogP contribution >= 0.6 is 15.9 Å². The summed E-state index contributed by atoms with van der Waals surface area (Å²) in [5.74, 6) is 1.06. The minimum absolute atomic E-state index is 0.139. The lowest BCUT2D eigenvalue weighted by Crippen LogP contribution is -2.00. The number of carbonyl (C=O) groups is 1. The summed E-state index contributed by atoms with van der Waals surface area (Å²) in [6.07, 6.45) is 0.735. The number of rotatable bonds is 2. The second-order valence-electron chi connectivity index (χ2n) is 2.81. The maximum absolute atomic E-state index is 10.7. The molecule has 5 heteroatoms. The molecule has 1 aromatic carbocycles. The zero-order chi connectivity index (χ0) is 10.1. The standard InChI is InChI=1S/C9H8BrNO3/c10-7-1-5(3-12)8-9(6(7)2-11)14-4-13-8/h1,3H,2,4,11H2. The van der Waals surface area contributed by atoms with Crippen molar-refractivity contribution in [3.8, 4) is 11.5 Å². The Morgan fingerprint density at radius 1 is 1.50 bits per heavy atom. The monoisotopic (exact) mass is 257 g/mol. The number of halogens is 1. The van der Waals surface area contributed by atoms with Gasteiger partial charge in [0.2, 0.25) is 6.79 Å². The summed E-state index contributed by atoms with van der Waals surface area (Å²) < 4.78 is 11.2. The SMILES string of the molecule is NCc1c(Br)cc(C=O)c2c1OCO2. The number of hydrogen-bond acceptors (Lipinski definition) is 4. The van der Waals surface area contributed by atoms with Crippen molar-refractivity contribution >= 4 is 22.2 Å². The third-order valence-corrected chi connectivity index (χ3v) is 2.76. The summed E-state index contributed by atoms with van der Waals surface area (Å²) in [5, 5.41) is 0. The molecular formula is C9H8BrNO3. The molecule has 1 heterocycles. The van der Waals surface area contributed by atoms with Crippen LogP contribution in [0.25, 0.3) is 0 Å². The fraction of sp³-hybridized carbons (Fsp3) is 0.222. The van der Waals surface area contributed by atoms with Crippen molar-refractivity contribution in [2.75, 3.05) is 6.79 Å². The number of aldehydes is 1.